The molecule has 6 nitrogen and oxygen atoms in total. The van der Waals surface area contributed by atoms with Gasteiger partial charge in [0.05, 0.1) is 4.90 Å². The van der Waals surface area contributed by atoms with Crippen LogP contribution in [0.5, 0.6) is 5.75 Å². The molecule has 0 aromatic heterocycles. The first-order valence-electron chi connectivity index (χ1n) is 9.11. The van der Waals surface area contributed by atoms with Gasteiger partial charge in [-0.15, -0.1) is 0 Å². The van der Waals surface area contributed by atoms with Crippen molar-refractivity contribution in [3.05, 3.63) is 54.1 Å². The maximum absolute atomic E-state index is 12.6. The average molecular weight is 388 g/mol. The minimum absolute atomic E-state index is 0.143. The molecule has 1 aliphatic heterocycles. The van der Waals surface area contributed by atoms with Crippen LogP contribution in [0.15, 0.2) is 53.4 Å². The first-order chi connectivity index (χ1) is 13.0. The van der Waals surface area contributed by atoms with E-state index in [1.165, 1.54) is 10.4 Å². The summed E-state index contributed by atoms with van der Waals surface area (Å²) < 4.78 is 32.3. The van der Waals surface area contributed by atoms with Crippen LogP contribution >= 0.6 is 0 Å². The largest absolute Gasteiger partial charge is 0.484 e. The molecule has 0 spiro atoms. The highest BCUT2D eigenvalue weighted by molar-refractivity contribution is 7.89. The normalized spacial score (nSPS) is 14.9. The zero-order chi connectivity index (χ0) is 19.3. The fourth-order valence-electron chi connectivity index (χ4n) is 3.01. The Labute approximate surface area is 160 Å². The molecule has 3 rings (SSSR count). The molecular weight excluding hydrogens is 364 g/mol. The van der Waals surface area contributed by atoms with Gasteiger partial charge in [0.1, 0.15) is 5.75 Å². The van der Waals surface area contributed by atoms with E-state index in [0.717, 1.165) is 24.8 Å². The number of carbonyl (C=O) groups is 1. The topological polar surface area (TPSA) is 75.7 Å². The van der Waals surface area contributed by atoms with Crippen molar-refractivity contribution >= 4 is 21.6 Å². The molecule has 2 aromatic rings. The fraction of sp³-hybridized carbons (Fsp3) is 0.350. The Morgan fingerprint density at radius 3 is 2.59 bits per heavy atom. The third-order valence-electron chi connectivity index (χ3n) is 4.50. The zero-order valence-corrected chi connectivity index (χ0v) is 16.2. The van der Waals surface area contributed by atoms with Crippen molar-refractivity contribution in [2.24, 2.45) is 0 Å². The van der Waals surface area contributed by atoms with Crippen molar-refractivity contribution in [1.82, 2.24) is 4.31 Å². The molecule has 1 amide bonds. The Morgan fingerprint density at radius 2 is 1.85 bits per heavy atom. The number of hydrogen-bond acceptors (Lipinski definition) is 4. The summed E-state index contributed by atoms with van der Waals surface area (Å²) in [5.74, 6) is 0.294. The Bertz CT molecular complexity index is 906. The number of nitrogens with one attached hydrogen (secondary N) is 1. The van der Waals surface area contributed by atoms with Crippen molar-refractivity contribution in [2.45, 2.75) is 31.1 Å². The predicted molar refractivity (Wildman–Crippen MR) is 104 cm³/mol. The summed E-state index contributed by atoms with van der Waals surface area (Å²) in [5, 5.41) is 2.70. The molecule has 0 atom stereocenters. The van der Waals surface area contributed by atoms with E-state index in [0.29, 0.717) is 24.5 Å². The van der Waals surface area contributed by atoms with Gasteiger partial charge >= 0.3 is 0 Å². The highest BCUT2D eigenvalue weighted by Crippen LogP contribution is 2.23. The summed E-state index contributed by atoms with van der Waals surface area (Å²) in [6.07, 6.45) is 2.65. The molecule has 27 heavy (non-hydrogen) atoms. The van der Waals surface area contributed by atoms with Crippen LogP contribution in [0.2, 0.25) is 0 Å². The molecule has 1 N–H and O–H groups in total. The summed E-state index contributed by atoms with van der Waals surface area (Å²) >= 11 is 0. The molecule has 1 heterocycles. The number of rotatable bonds is 7. The van der Waals surface area contributed by atoms with E-state index in [9.17, 15) is 13.2 Å². The Morgan fingerprint density at radius 1 is 1.11 bits per heavy atom. The number of amides is 1. The lowest BCUT2D eigenvalue weighted by Crippen LogP contribution is -2.28. The number of hydrogen-bond donors (Lipinski definition) is 1. The van der Waals surface area contributed by atoms with Crippen molar-refractivity contribution in [2.75, 3.05) is 25.0 Å². The van der Waals surface area contributed by atoms with E-state index >= 15 is 0 Å². The van der Waals surface area contributed by atoms with E-state index < -0.39 is 10.0 Å². The number of ether oxygens (including phenoxy) is 1. The second-order valence-corrected chi connectivity index (χ2v) is 8.41. The van der Waals surface area contributed by atoms with E-state index in [1.54, 1.807) is 24.3 Å². The highest BCUT2D eigenvalue weighted by atomic mass is 32.2. The fourth-order valence-corrected chi connectivity index (χ4v) is 4.58. The lowest BCUT2D eigenvalue weighted by atomic mass is 10.2. The Kier molecular flexibility index (Phi) is 6.13. The van der Waals surface area contributed by atoms with Gasteiger partial charge in [-0.25, -0.2) is 8.42 Å². The van der Waals surface area contributed by atoms with Crippen LogP contribution in [0.25, 0.3) is 0 Å². The van der Waals surface area contributed by atoms with Gasteiger partial charge in [0.25, 0.3) is 5.91 Å². The quantitative estimate of drug-likeness (QED) is 0.791. The molecule has 144 valence electrons. The first kappa shape index (κ1) is 19.4. The number of aryl methyl sites for hydroxylation is 1. The van der Waals surface area contributed by atoms with Gasteiger partial charge in [0, 0.05) is 18.8 Å². The smallest absolute Gasteiger partial charge is 0.262 e. The van der Waals surface area contributed by atoms with Crippen molar-refractivity contribution < 1.29 is 17.9 Å². The lowest BCUT2D eigenvalue weighted by molar-refractivity contribution is -0.118. The van der Waals surface area contributed by atoms with Crippen LogP contribution in [-0.2, 0) is 21.2 Å². The van der Waals surface area contributed by atoms with Gasteiger partial charge in [0.2, 0.25) is 10.0 Å². The van der Waals surface area contributed by atoms with Crippen LogP contribution in [0.4, 0.5) is 5.69 Å². The monoisotopic (exact) mass is 388 g/mol. The molecule has 1 aliphatic rings. The molecule has 1 saturated heterocycles. The van der Waals surface area contributed by atoms with Gasteiger partial charge in [-0.05, 0) is 55.2 Å². The van der Waals surface area contributed by atoms with E-state index in [2.05, 4.69) is 12.2 Å². The summed E-state index contributed by atoms with van der Waals surface area (Å²) in [6, 6.07) is 13.9. The van der Waals surface area contributed by atoms with Gasteiger partial charge in [-0.3, -0.25) is 4.79 Å². The summed E-state index contributed by atoms with van der Waals surface area (Å²) in [7, 11) is -3.51. The van der Waals surface area contributed by atoms with Crippen molar-refractivity contribution in [3.8, 4) is 5.75 Å². The second-order valence-electron chi connectivity index (χ2n) is 6.48. The molecule has 0 bridgehead atoms. The van der Waals surface area contributed by atoms with Crippen LogP contribution in [0, 0.1) is 0 Å². The number of anilines is 1. The standard InChI is InChI=1S/C20H24N2O4S/c1-2-16-7-5-9-18(13-16)26-15-20(23)21-17-8-6-10-19(14-17)27(24,25)22-11-3-4-12-22/h5-10,13-14H,2-4,11-12,15H2,1H3,(H,21,23). The molecule has 2 aromatic carbocycles. The molecule has 0 aliphatic carbocycles. The van der Waals surface area contributed by atoms with Gasteiger partial charge in [-0.1, -0.05) is 25.1 Å². The maximum Gasteiger partial charge on any atom is 0.262 e. The Balaban J connectivity index is 1.62. The predicted octanol–water partition coefficient (Wildman–Crippen LogP) is 3.05. The van der Waals surface area contributed by atoms with Gasteiger partial charge in [0.15, 0.2) is 6.61 Å². The van der Waals surface area contributed by atoms with Crippen molar-refractivity contribution in [1.29, 1.82) is 0 Å². The Hall–Kier alpha value is -2.38. The number of benzene rings is 2. The van der Waals surface area contributed by atoms with Crippen LogP contribution in [0.1, 0.15) is 25.3 Å². The maximum atomic E-state index is 12.6. The molecule has 1 fully saturated rings. The van der Waals surface area contributed by atoms with E-state index in [-0.39, 0.29) is 17.4 Å². The minimum atomic E-state index is -3.51. The van der Waals surface area contributed by atoms with E-state index in [4.69, 9.17) is 4.74 Å². The third kappa shape index (κ3) is 4.87. The molecule has 0 unspecified atom stereocenters. The molecular formula is C20H24N2O4S. The van der Waals surface area contributed by atoms with Gasteiger partial charge < -0.3 is 10.1 Å². The number of sulfonamides is 1. The molecule has 0 saturated carbocycles. The minimum Gasteiger partial charge on any atom is -0.484 e. The molecule has 7 heteroatoms. The summed E-state index contributed by atoms with van der Waals surface area (Å²) in [5.41, 5.74) is 1.57. The zero-order valence-electron chi connectivity index (χ0n) is 15.3. The second kappa shape index (κ2) is 8.54. The van der Waals surface area contributed by atoms with Gasteiger partial charge in [-0.2, -0.15) is 4.31 Å². The highest BCUT2D eigenvalue weighted by Gasteiger charge is 2.27. The third-order valence-corrected chi connectivity index (χ3v) is 6.39. The average Bonchev–Trinajstić information content (AvgIpc) is 3.22. The van der Waals surface area contributed by atoms with E-state index in [1.807, 2.05) is 18.2 Å². The van der Waals surface area contributed by atoms with Crippen LogP contribution < -0.4 is 10.1 Å². The first-order valence-corrected chi connectivity index (χ1v) is 10.5. The molecule has 0 radical (unpaired) electrons. The number of nitrogens with zero attached hydrogens (tertiary/aromatic N) is 1. The van der Waals surface area contributed by atoms with Crippen LogP contribution in [-0.4, -0.2) is 38.3 Å². The SMILES string of the molecule is CCc1cccc(OCC(=O)Nc2cccc(S(=O)(=O)N3CCCC3)c2)c1. The van der Waals surface area contributed by atoms with Crippen LogP contribution in [0.3, 0.4) is 0 Å². The number of carbonyl (C=O) groups excluding carboxylic acids is 1. The summed E-state index contributed by atoms with van der Waals surface area (Å²) in [4.78, 5) is 12.4. The lowest BCUT2D eigenvalue weighted by Gasteiger charge is -2.16. The summed E-state index contributed by atoms with van der Waals surface area (Å²) in [6.45, 7) is 3.00. The van der Waals surface area contributed by atoms with Crippen molar-refractivity contribution in [3.63, 3.8) is 0 Å².